The van der Waals surface area contributed by atoms with Crippen molar-refractivity contribution < 1.29 is 0 Å². The topological polar surface area (TPSA) is 12.0 Å². The van der Waals surface area contributed by atoms with Gasteiger partial charge < -0.3 is 5.32 Å². The summed E-state index contributed by atoms with van der Waals surface area (Å²) in [6, 6.07) is 0.806. The summed E-state index contributed by atoms with van der Waals surface area (Å²) in [5, 5.41) is 4.55. The fraction of sp³-hybridized carbons (Fsp3) is 1.00. The maximum atomic E-state index is 3.75. The van der Waals surface area contributed by atoms with Crippen molar-refractivity contribution in [2.75, 3.05) is 5.75 Å². The smallest absolute Gasteiger partial charge is 0.0563 e. The normalized spacial score (nSPS) is 37.8. The molecule has 0 radical (unpaired) electrons. The lowest BCUT2D eigenvalue weighted by Crippen LogP contribution is -2.33. The van der Waals surface area contributed by atoms with E-state index in [-0.39, 0.29) is 0 Å². The fourth-order valence-corrected chi connectivity index (χ4v) is 3.92. The molecular weight excluding hydrogens is 166 g/mol. The van der Waals surface area contributed by atoms with E-state index in [1.165, 1.54) is 37.9 Å². The van der Waals surface area contributed by atoms with Crippen molar-refractivity contribution >= 4 is 11.8 Å². The average Bonchev–Trinajstić information content (AvgIpc) is 2.75. The molecule has 0 aromatic rings. The second kappa shape index (κ2) is 4.01. The molecule has 2 fully saturated rings. The van der Waals surface area contributed by atoms with Crippen LogP contribution in [0.1, 0.15) is 39.0 Å². The summed E-state index contributed by atoms with van der Waals surface area (Å²) in [5.74, 6) is 2.34. The Morgan fingerprint density at radius 1 is 1.33 bits per heavy atom. The van der Waals surface area contributed by atoms with E-state index in [1.807, 2.05) is 0 Å². The fourth-order valence-electron chi connectivity index (χ4n) is 2.32. The highest BCUT2D eigenvalue weighted by Gasteiger charge is 2.31. The van der Waals surface area contributed by atoms with E-state index >= 15 is 0 Å². The van der Waals surface area contributed by atoms with Gasteiger partial charge in [-0.2, -0.15) is 0 Å². The Morgan fingerprint density at radius 3 is 2.67 bits per heavy atom. The monoisotopic (exact) mass is 185 g/mol. The molecule has 1 saturated heterocycles. The molecule has 2 heteroatoms. The summed E-state index contributed by atoms with van der Waals surface area (Å²) in [5.41, 5.74) is 0. The highest BCUT2D eigenvalue weighted by Crippen LogP contribution is 2.36. The van der Waals surface area contributed by atoms with Crippen molar-refractivity contribution in [3.8, 4) is 0 Å². The van der Waals surface area contributed by atoms with Crippen LogP contribution in [0.3, 0.4) is 0 Å². The van der Waals surface area contributed by atoms with Crippen LogP contribution in [0.2, 0.25) is 0 Å². The molecule has 1 saturated carbocycles. The van der Waals surface area contributed by atoms with Crippen molar-refractivity contribution in [3.05, 3.63) is 0 Å². The van der Waals surface area contributed by atoms with Crippen molar-refractivity contribution in [2.45, 2.75) is 50.4 Å². The molecule has 1 aliphatic heterocycles. The van der Waals surface area contributed by atoms with E-state index in [9.17, 15) is 0 Å². The van der Waals surface area contributed by atoms with E-state index in [0.717, 1.165) is 17.3 Å². The minimum Gasteiger partial charge on any atom is -0.301 e. The first-order valence-corrected chi connectivity index (χ1v) is 6.32. The molecule has 0 spiro atoms. The highest BCUT2D eigenvalue weighted by molar-refractivity contribution is 8.00. The molecule has 70 valence electrons. The van der Waals surface area contributed by atoms with E-state index in [0.29, 0.717) is 0 Å². The molecule has 2 rings (SSSR count). The third-order valence-corrected chi connectivity index (χ3v) is 4.67. The molecule has 1 nitrogen and oxygen atoms in total. The van der Waals surface area contributed by atoms with Gasteiger partial charge in [0.05, 0.1) is 5.37 Å². The Balaban J connectivity index is 1.81. The summed E-state index contributed by atoms with van der Waals surface area (Å²) >= 11 is 2.16. The summed E-state index contributed by atoms with van der Waals surface area (Å²) in [6.45, 7) is 2.29. The molecule has 2 atom stereocenters. The van der Waals surface area contributed by atoms with Gasteiger partial charge in [-0.1, -0.05) is 19.8 Å². The minimum atomic E-state index is 0.803. The lowest BCUT2D eigenvalue weighted by atomic mass is 10.1. The first-order chi connectivity index (χ1) is 5.90. The molecule has 1 N–H and O–H groups in total. The molecule has 0 amide bonds. The summed E-state index contributed by atoms with van der Waals surface area (Å²) in [6.07, 6.45) is 7.19. The number of nitrogens with one attached hydrogen (secondary N) is 1. The molecular formula is C10H19NS. The lowest BCUT2D eigenvalue weighted by Gasteiger charge is -2.18. The number of hydrogen-bond acceptors (Lipinski definition) is 2. The Bertz CT molecular complexity index is 143. The van der Waals surface area contributed by atoms with Crippen LogP contribution in [-0.2, 0) is 0 Å². The predicted molar refractivity (Wildman–Crippen MR) is 55.4 cm³/mol. The molecule has 2 unspecified atom stereocenters. The van der Waals surface area contributed by atoms with Crippen LogP contribution in [0.5, 0.6) is 0 Å². The van der Waals surface area contributed by atoms with Crippen LogP contribution in [0.4, 0.5) is 0 Å². The van der Waals surface area contributed by atoms with Crippen LogP contribution < -0.4 is 5.32 Å². The number of rotatable bonds is 2. The Kier molecular flexibility index (Phi) is 2.97. The zero-order chi connectivity index (χ0) is 8.39. The summed E-state index contributed by atoms with van der Waals surface area (Å²) in [7, 11) is 0. The van der Waals surface area contributed by atoms with Crippen molar-refractivity contribution in [1.82, 2.24) is 5.32 Å². The molecule has 2 aliphatic rings. The lowest BCUT2D eigenvalue weighted by molar-refractivity contribution is 0.433. The van der Waals surface area contributed by atoms with Crippen LogP contribution in [-0.4, -0.2) is 17.2 Å². The molecule has 0 aromatic carbocycles. The van der Waals surface area contributed by atoms with Crippen LogP contribution in [0, 0.1) is 5.92 Å². The maximum Gasteiger partial charge on any atom is 0.0563 e. The zero-order valence-electron chi connectivity index (χ0n) is 7.88. The number of thioether (sulfide) groups is 1. The Morgan fingerprint density at radius 2 is 2.08 bits per heavy atom. The second-order valence-corrected chi connectivity index (χ2v) is 5.24. The van der Waals surface area contributed by atoms with Gasteiger partial charge in [0.1, 0.15) is 0 Å². The van der Waals surface area contributed by atoms with Crippen molar-refractivity contribution in [3.63, 3.8) is 0 Å². The highest BCUT2D eigenvalue weighted by atomic mass is 32.2. The van der Waals surface area contributed by atoms with Gasteiger partial charge in [0.25, 0.3) is 0 Å². The minimum absolute atomic E-state index is 0.803. The van der Waals surface area contributed by atoms with Gasteiger partial charge in [0.2, 0.25) is 0 Å². The summed E-state index contributed by atoms with van der Waals surface area (Å²) < 4.78 is 0. The van der Waals surface area contributed by atoms with Gasteiger partial charge in [-0.25, -0.2) is 0 Å². The molecule has 0 bridgehead atoms. The molecule has 12 heavy (non-hydrogen) atoms. The van der Waals surface area contributed by atoms with Crippen LogP contribution in [0.25, 0.3) is 0 Å². The van der Waals surface area contributed by atoms with Gasteiger partial charge in [-0.15, -0.1) is 11.8 Å². The van der Waals surface area contributed by atoms with Crippen molar-refractivity contribution in [2.24, 2.45) is 5.92 Å². The van der Waals surface area contributed by atoms with Crippen LogP contribution >= 0.6 is 11.8 Å². The average molecular weight is 185 g/mol. The first kappa shape index (κ1) is 8.89. The van der Waals surface area contributed by atoms with Gasteiger partial charge in [0.15, 0.2) is 0 Å². The number of hydrogen-bond donors (Lipinski definition) is 1. The molecule has 1 heterocycles. The van der Waals surface area contributed by atoms with Gasteiger partial charge >= 0.3 is 0 Å². The first-order valence-electron chi connectivity index (χ1n) is 5.28. The Hall–Kier alpha value is 0.310. The predicted octanol–water partition coefficient (Wildman–Crippen LogP) is 2.62. The molecule has 0 aromatic heterocycles. The Labute approximate surface area is 79.7 Å². The van der Waals surface area contributed by atoms with Gasteiger partial charge in [0, 0.05) is 11.8 Å². The third kappa shape index (κ3) is 1.80. The largest absolute Gasteiger partial charge is 0.301 e. The van der Waals surface area contributed by atoms with E-state index < -0.39 is 0 Å². The zero-order valence-corrected chi connectivity index (χ0v) is 8.70. The second-order valence-electron chi connectivity index (χ2n) is 4.07. The van der Waals surface area contributed by atoms with Gasteiger partial charge in [-0.3, -0.25) is 0 Å². The molecule has 1 aliphatic carbocycles. The standard InChI is InChI=1S/C10H19NS/c1-2-9-7-12-10(11-9)8-5-3-4-6-8/h8-11H,2-7H2,1H3. The van der Waals surface area contributed by atoms with Crippen LogP contribution in [0.15, 0.2) is 0 Å². The van der Waals surface area contributed by atoms with E-state index in [1.54, 1.807) is 0 Å². The summed E-state index contributed by atoms with van der Waals surface area (Å²) in [4.78, 5) is 0. The third-order valence-electron chi connectivity index (χ3n) is 3.20. The quantitative estimate of drug-likeness (QED) is 0.710. The SMILES string of the molecule is CCC1CSC(C2CCCC2)N1. The van der Waals surface area contributed by atoms with Gasteiger partial charge in [-0.05, 0) is 25.2 Å². The maximum absolute atomic E-state index is 3.75. The van der Waals surface area contributed by atoms with Crippen molar-refractivity contribution in [1.29, 1.82) is 0 Å². The van der Waals surface area contributed by atoms with E-state index in [2.05, 4.69) is 24.0 Å². The van der Waals surface area contributed by atoms with E-state index in [4.69, 9.17) is 0 Å².